The molecule has 0 spiro atoms. The second-order valence-corrected chi connectivity index (χ2v) is 3.71. The van der Waals surface area contributed by atoms with Crippen LogP contribution in [0.2, 0.25) is 0 Å². The number of anilines is 1. The first-order valence-electron chi connectivity index (χ1n) is 5.52. The van der Waals surface area contributed by atoms with Crippen molar-refractivity contribution in [2.75, 3.05) is 18.5 Å². The van der Waals surface area contributed by atoms with Gasteiger partial charge in [-0.05, 0) is 19.1 Å². The monoisotopic (exact) mass is 253 g/mol. The summed E-state index contributed by atoms with van der Waals surface area (Å²) < 4.78 is 23.3. The van der Waals surface area contributed by atoms with Gasteiger partial charge >= 0.3 is 11.9 Å². The Bertz CT molecular complexity index is 489. The first kappa shape index (κ1) is 12.3. The lowest BCUT2D eigenvalue weighted by Crippen LogP contribution is -2.35. The largest absolute Gasteiger partial charge is 0.464 e. The number of ether oxygens (including phenoxy) is 2. The molecule has 6 heteroatoms. The summed E-state index contributed by atoms with van der Waals surface area (Å²) in [6, 6.07) is 3.14. The Morgan fingerprint density at radius 2 is 2.39 bits per heavy atom. The highest BCUT2D eigenvalue weighted by Crippen LogP contribution is 2.24. The SMILES string of the molecule is CCOC(=O)C1COC(=O)c2cccc(F)c2N1. The molecule has 0 amide bonds. The summed E-state index contributed by atoms with van der Waals surface area (Å²) >= 11 is 0. The number of fused-ring (bicyclic) bond motifs is 1. The molecule has 2 rings (SSSR count). The average molecular weight is 253 g/mol. The zero-order chi connectivity index (χ0) is 13.1. The van der Waals surface area contributed by atoms with Crippen LogP contribution in [-0.4, -0.2) is 31.2 Å². The lowest BCUT2D eigenvalue weighted by Gasteiger charge is -2.15. The summed E-state index contributed by atoms with van der Waals surface area (Å²) in [6.07, 6.45) is 0. The summed E-state index contributed by atoms with van der Waals surface area (Å²) in [7, 11) is 0. The topological polar surface area (TPSA) is 64.6 Å². The molecule has 1 aromatic rings. The summed E-state index contributed by atoms with van der Waals surface area (Å²) in [4.78, 5) is 23.2. The maximum atomic E-state index is 13.6. The van der Waals surface area contributed by atoms with Gasteiger partial charge in [0.25, 0.3) is 0 Å². The van der Waals surface area contributed by atoms with E-state index in [1.807, 2.05) is 0 Å². The van der Waals surface area contributed by atoms with Crippen LogP contribution in [0.3, 0.4) is 0 Å². The van der Waals surface area contributed by atoms with Crippen molar-refractivity contribution in [2.45, 2.75) is 13.0 Å². The summed E-state index contributed by atoms with van der Waals surface area (Å²) in [5.41, 5.74) is 0.0415. The van der Waals surface area contributed by atoms with Gasteiger partial charge in [0.05, 0.1) is 17.9 Å². The van der Waals surface area contributed by atoms with Crippen molar-refractivity contribution in [3.8, 4) is 0 Å². The van der Waals surface area contributed by atoms with Gasteiger partial charge in [0, 0.05) is 0 Å². The Labute approximate surface area is 103 Å². The number of esters is 2. The van der Waals surface area contributed by atoms with Crippen LogP contribution in [0.25, 0.3) is 0 Å². The lowest BCUT2D eigenvalue weighted by atomic mass is 10.1. The predicted octanol–water partition coefficient (Wildman–Crippen LogP) is 1.34. The minimum absolute atomic E-state index is 0.0296. The second-order valence-electron chi connectivity index (χ2n) is 3.71. The zero-order valence-electron chi connectivity index (χ0n) is 9.73. The number of benzene rings is 1. The van der Waals surface area contributed by atoms with E-state index in [2.05, 4.69) is 5.32 Å². The molecule has 0 aliphatic carbocycles. The van der Waals surface area contributed by atoms with Crippen molar-refractivity contribution in [3.63, 3.8) is 0 Å². The van der Waals surface area contributed by atoms with Crippen LogP contribution in [0.4, 0.5) is 10.1 Å². The van der Waals surface area contributed by atoms with Gasteiger partial charge in [-0.15, -0.1) is 0 Å². The van der Waals surface area contributed by atoms with Crippen LogP contribution in [0, 0.1) is 5.82 Å². The molecule has 1 unspecified atom stereocenters. The van der Waals surface area contributed by atoms with Gasteiger partial charge in [0.2, 0.25) is 0 Å². The highest BCUT2D eigenvalue weighted by Gasteiger charge is 2.29. The quantitative estimate of drug-likeness (QED) is 0.806. The number of carbonyl (C=O) groups is 2. The fourth-order valence-electron chi connectivity index (χ4n) is 1.66. The van der Waals surface area contributed by atoms with Crippen LogP contribution in [0.15, 0.2) is 18.2 Å². The summed E-state index contributed by atoms with van der Waals surface area (Å²) in [5, 5.41) is 2.65. The third-order valence-electron chi connectivity index (χ3n) is 2.50. The molecule has 96 valence electrons. The second kappa shape index (κ2) is 5.03. The fourth-order valence-corrected chi connectivity index (χ4v) is 1.66. The molecule has 0 saturated heterocycles. The van der Waals surface area contributed by atoms with Crippen molar-refractivity contribution < 1.29 is 23.5 Å². The third kappa shape index (κ3) is 2.27. The molecule has 1 atom stereocenters. The van der Waals surface area contributed by atoms with E-state index in [1.165, 1.54) is 18.2 Å². The van der Waals surface area contributed by atoms with E-state index in [0.29, 0.717) is 0 Å². The normalized spacial score (nSPS) is 18.1. The molecule has 0 bridgehead atoms. The molecule has 18 heavy (non-hydrogen) atoms. The molecule has 1 aliphatic heterocycles. The highest BCUT2D eigenvalue weighted by atomic mass is 19.1. The van der Waals surface area contributed by atoms with Crippen molar-refractivity contribution in [1.29, 1.82) is 0 Å². The third-order valence-corrected chi connectivity index (χ3v) is 2.50. The molecule has 1 N–H and O–H groups in total. The van der Waals surface area contributed by atoms with Gasteiger partial charge in [-0.3, -0.25) is 0 Å². The first-order chi connectivity index (χ1) is 8.63. The molecule has 5 nitrogen and oxygen atoms in total. The maximum Gasteiger partial charge on any atom is 0.340 e. The molecule has 0 fully saturated rings. The van der Waals surface area contributed by atoms with Gasteiger partial charge in [-0.25, -0.2) is 14.0 Å². The number of hydrogen-bond donors (Lipinski definition) is 1. The lowest BCUT2D eigenvalue weighted by molar-refractivity contribution is -0.144. The van der Waals surface area contributed by atoms with Crippen LogP contribution >= 0.6 is 0 Å². The number of halogens is 1. The number of nitrogens with one attached hydrogen (secondary N) is 1. The molecular formula is C12H12FNO4. The van der Waals surface area contributed by atoms with Gasteiger partial charge in [-0.1, -0.05) is 6.07 Å². The van der Waals surface area contributed by atoms with E-state index < -0.39 is 23.8 Å². The van der Waals surface area contributed by atoms with Crippen molar-refractivity contribution in [1.82, 2.24) is 0 Å². The van der Waals surface area contributed by atoms with E-state index in [4.69, 9.17) is 9.47 Å². The van der Waals surface area contributed by atoms with Gasteiger partial charge < -0.3 is 14.8 Å². The fraction of sp³-hybridized carbons (Fsp3) is 0.333. The predicted molar refractivity (Wildman–Crippen MR) is 60.7 cm³/mol. The Morgan fingerprint density at radius 3 is 3.11 bits per heavy atom. The zero-order valence-corrected chi connectivity index (χ0v) is 9.73. The van der Waals surface area contributed by atoms with E-state index in [0.717, 1.165) is 0 Å². The van der Waals surface area contributed by atoms with Gasteiger partial charge in [-0.2, -0.15) is 0 Å². The number of hydrogen-bond acceptors (Lipinski definition) is 5. The van der Waals surface area contributed by atoms with Crippen molar-refractivity contribution in [3.05, 3.63) is 29.6 Å². The Morgan fingerprint density at radius 1 is 1.61 bits per heavy atom. The Kier molecular flexibility index (Phi) is 3.45. The molecule has 0 radical (unpaired) electrons. The highest BCUT2D eigenvalue weighted by molar-refractivity contribution is 5.97. The summed E-state index contributed by atoms with van der Waals surface area (Å²) in [5.74, 6) is -1.86. The van der Waals surface area contributed by atoms with E-state index in [-0.39, 0.29) is 24.5 Å². The minimum atomic E-state index is -0.896. The maximum absolute atomic E-state index is 13.6. The summed E-state index contributed by atoms with van der Waals surface area (Å²) in [6.45, 7) is 1.68. The van der Waals surface area contributed by atoms with Gasteiger partial charge in [0.15, 0.2) is 6.04 Å². The number of cyclic esters (lactones) is 1. The standard InChI is InChI=1S/C12H12FNO4/c1-2-17-12(16)9-6-18-11(15)7-4-3-5-8(13)10(7)14-9/h3-5,9,14H,2,6H2,1H3. The van der Waals surface area contributed by atoms with Crippen LogP contribution in [-0.2, 0) is 14.3 Å². The van der Waals surface area contributed by atoms with Crippen LogP contribution < -0.4 is 5.32 Å². The molecule has 1 aliphatic rings. The molecule has 0 saturated carbocycles. The molecule has 1 aromatic carbocycles. The number of para-hydroxylation sites is 1. The first-order valence-corrected chi connectivity index (χ1v) is 5.52. The molecular weight excluding hydrogens is 241 g/mol. The van der Waals surface area contributed by atoms with E-state index in [1.54, 1.807) is 6.92 Å². The Hall–Kier alpha value is -2.11. The molecule has 0 aromatic heterocycles. The van der Waals surface area contributed by atoms with Crippen LogP contribution in [0.5, 0.6) is 0 Å². The molecule has 1 heterocycles. The van der Waals surface area contributed by atoms with Crippen molar-refractivity contribution in [2.24, 2.45) is 0 Å². The Balaban J connectivity index is 2.32. The van der Waals surface area contributed by atoms with E-state index >= 15 is 0 Å². The minimum Gasteiger partial charge on any atom is -0.464 e. The van der Waals surface area contributed by atoms with Gasteiger partial charge in [0.1, 0.15) is 12.4 Å². The smallest absolute Gasteiger partial charge is 0.340 e. The van der Waals surface area contributed by atoms with Crippen LogP contribution in [0.1, 0.15) is 17.3 Å². The number of carbonyl (C=O) groups excluding carboxylic acids is 2. The average Bonchev–Trinajstić information content (AvgIpc) is 2.51. The van der Waals surface area contributed by atoms with E-state index in [9.17, 15) is 14.0 Å². The number of rotatable bonds is 2. The van der Waals surface area contributed by atoms with Crippen molar-refractivity contribution >= 4 is 17.6 Å².